The average Bonchev–Trinajstić information content (AvgIpc) is 2.58. The van der Waals surface area contributed by atoms with Crippen molar-refractivity contribution in [2.45, 2.75) is 12.5 Å². The summed E-state index contributed by atoms with van der Waals surface area (Å²) in [5.74, 6) is -0.772. The molecular formula is C9H16N2O6S. The molecule has 1 atom stereocenters. The number of carbonyl (C=O) groups excluding carboxylic acids is 1. The zero-order valence-electron chi connectivity index (χ0n) is 10.1. The molecule has 0 N–H and O–H groups in total. The van der Waals surface area contributed by atoms with E-state index >= 15 is 0 Å². The quantitative estimate of drug-likeness (QED) is 0.452. The van der Waals surface area contributed by atoms with E-state index in [-0.39, 0.29) is 24.7 Å². The largest absolute Gasteiger partial charge is 0.383 e. The number of hydrogen-bond donors (Lipinski definition) is 0. The monoisotopic (exact) mass is 280 g/mol. The molecule has 0 saturated carbocycles. The van der Waals surface area contributed by atoms with Crippen molar-refractivity contribution in [1.82, 2.24) is 4.90 Å². The van der Waals surface area contributed by atoms with Gasteiger partial charge in [0.1, 0.15) is 0 Å². The molecule has 1 heterocycles. The van der Waals surface area contributed by atoms with E-state index in [0.29, 0.717) is 6.42 Å². The first-order chi connectivity index (χ1) is 8.35. The van der Waals surface area contributed by atoms with E-state index in [1.807, 2.05) is 0 Å². The number of methoxy groups -OCH3 is 1. The van der Waals surface area contributed by atoms with Crippen LogP contribution in [0.15, 0.2) is 0 Å². The van der Waals surface area contributed by atoms with Gasteiger partial charge in [0.2, 0.25) is 0 Å². The third-order valence-corrected chi connectivity index (χ3v) is 4.52. The molecule has 0 aromatic heterocycles. The fourth-order valence-corrected chi connectivity index (χ4v) is 3.65. The predicted octanol–water partition coefficient (Wildman–Crippen LogP) is -1.07. The summed E-state index contributed by atoms with van der Waals surface area (Å²) in [6.45, 7) is -0.427. The summed E-state index contributed by atoms with van der Waals surface area (Å²) in [5.41, 5.74) is 0. The van der Waals surface area contributed by atoms with Crippen molar-refractivity contribution < 1.29 is 22.9 Å². The summed E-state index contributed by atoms with van der Waals surface area (Å²) in [4.78, 5) is 22.6. The minimum absolute atomic E-state index is 0.0207. The van der Waals surface area contributed by atoms with Crippen LogP contribution in [0.4, 0.5) is 0 Å². The Morgan fingerprint density at radius 2 is 2.22 bits per heavy atom. The Morgan fingerprint density at radius 1 is 1.56 bits per heavy atom. The fourth-order valence-electron chi connectivity index (χ4n) is 1.92. The Morgan fingerprint density at radius 3 is 2.67 bits per heavy atom. The van der Waals surface area contributed by atoms with E-state index in [1.165, 1.54) is 12.0 Å². The van der Waals surface area contributed by atoms with Gasteiger partial charge in [-0.3, -0.25) is 14.9 Å². The van der Waals surface area contributed by atoms with Gasteiger partial charge in [-0.2, -0.15) is 0 Å². The highest BCUT2D eigenvalue weighted by Gasteiger charge is 2.35. The van der Waals surface area contributed by atoms with E-state index < -0.39 is 33.3 Å². The molecule has 1 aliphatic rings. The molecule has 0 bridgehead atoms. The lowest BCUT2D eigenvalue weighted by Gasteiger charge is -2.26. The number of carbonyl (C=O) groups is 1. The SMILES string of the molecule is COCCN(C(=O)C[N+](=O)[O-])C1CCS(=O)(=O)C1. The number of amides is 1. The second kappa shape index (κ2) is 6.10. The van der Waals surface area contributed by atoms with Gasteiger partial charge < -0.3 is 9.64 Å². The standard InChI is InChI=1S/C9H16N2O6S/c1-17-4-3-10(9(12)6-11(13)14)8-2-5-18(15,16)7-8/h8H,2-7H2,1H3. The second-order valence-corrected chi connectivity index (χ2v) is 6.36. The molecule has 1 rings (SSSR count). The number of hydrogen-bond acceptors (Lipinski definition) is 6. The predicted molar refractivity (Wildman–Crippen MR) is 62.5 cm³/mol. The van der Waals surface area contributed by atoms with Crippen LogP contribution in [0.3, 0.4) is 0 Å². The van der Waals surface area contributed by atoms with Gasteiger partial charge in [0.05, 0.1) is 18.1 Å². The average molecular weight is 280 g/mol. The molecule has 1 aliphatic heterocycles. The summed E-state index contributed by atoms with van der Waals surface area (Å²) in [6, 6.07) is -0.474. The van der Waals surface area contributed by atoms with Crippen molar-refractivity contribution in [3.63, 3.8) is 0 Å². The molecule has 8 nitrogen and oxygen atoms in total. The summed E-state index contributed by atoms with van der Waals surface area (Å²) < 4.78 is 27.5. The van der Waals surface area contributed by atoms with Gasteiger partial charge >= 0.3 is 0 Å². The maximum Gasteiger partial charge on any atom is 0.294 e. The van der Waals surface area contributed by atoms with Gasteiger partial charge in [-0.15, -0.1) is 0 Å². The Labute approximate surface area is 105 Å². The molecular weight excluding hydrogens is 264 g/mol. The molecule has 9 heteroatoms. The number of nitro groups is 1. The Balaban J connectivity index is 2.72. The third-order valence-electron chi connectivity index (χ3n) is 2.77. The Bertz CT molecular complexity index is 421. The van der Waals surface area contributed by atoms with Crippen molar-refractivity contribution in [3.8, 4) is 0 Å². The van der Waals surface area contributed by atoms with E-state index in [9.17, 15) is 23.3 Å². The first-order valence-electron chi connectivity index (χ1n) is 5.46. The van der Waals surface area contributed by atoms with Crippen LogP contribution < -0.4 is 0 Å². The lowest BCUT2D eigenvalue weighted by atomic mass is 10.2. The van der Waals surface area contributed by atoms with Crippen molar-refractivity contribution >= 4 is 15.7 Å². The lowest BCUT2D eigenvalue weighted by Crippen LogP contribution is -2.45. The molecule has 1 saturated heterocycles. The van der Waals surface area contributed by atoms with Gasteiger partial charge in [-0.05, 0) is 6.42 Å². The van der Waals surface area contributed by atoms with Crippen LogP contribution in [0.1, 0.15) is 6.42 Å². The Hall–Kier alpha value is -1.22. The molecule has 0 spiro atoms. The highest BCUT2D eigenvalue weighted by atomic mass is 32.2. The van der Waals surface area contributed by atoms with Gasteiger partial charge in [0.15, 0.2) is 9.84 Å². The molecule has 1 unspecified atom stereocenters. The van der Waals surface area contributed by atoms with Gasteiger partial charge in [-0.25, -0.2) is 8.42 Å². The smallest absolute Gasteiger partial charge is 0.294 e. The first kappa shape index (κ1) is 14.8. The van der Waals surface area contributed by atoms with Crippen molar-refractivity contribution in [2.24, 2.45) is 0 Å². The highest BCUT2D eigenvalue weighted by molar-refractivity contribution is 7.91. The topological polar surface area (TPSA) is 107 Å². The van der Waals surface area contributed by atoms with Crippen LogP contribution in [0, 0.1) is 10.1 Å². The third kappa shape index (κ3) is 4.22. The maximum absolute atomic E-state index is 11.7. The van der Waals surface area contributed by atoms with Gasteiger partial charge in [0, 0.05) is 24.6 Å². The second-order valence-electron chi connectivity index (χ2n) is 4.13. The minimum Gasteiger partial charge on any atom is -0.383 e. The zero-order chi connectivity index (χ0) is 13.8. The maximum atomic E-state index is 11.7. The molecule has 1 fully saturated rings. The summed E-state index contributed by atoms with van der Waals surface area (Å²) >= 11 is 0. The molecule has 0 radical (unpaired) electrons. The van der Waals surface area contributed by atoms with Gasteiger partial charge in [-0.1, -0.05) is 0 Å². The number of sulfone groups is 1. The molecule has 0 aromatic carbocycles. The number of nitrogens with zero attached hydrogens (tertiary/aromatic N) is 2. The molecule has 0 aromatic rings. The van der Waals surface area contributed by atoms with Crippen LogP contribution in [-0.4, -0.2) is 68.5 Å². The van der Waals surface area contributed by atoms with E-state index in [2.05, 4.69) is 0 Å². The molecule has 18 heavy (non-hydrogen) atoms. The van der Waals surface area contributed by atoms with Crippen molar-refractivity contribution in [3.05, 3.63) is 10.1 Å². The summed E-state index contributed by atoms with van der Waals surface area (Å²) in [7, 11) is -1.69. The van der Waals surface area contributed by atoms with Crippen LogP contribution in [-0.2, 0) is 19.4 Å². The van der Waals surface area contributed by atoms with E-state index in [1.54, 1.807) is 0 Å². The minimum atomic E-state index is -3.13. The number of rotatable bonds is 6. The van der Waals surface area contributed by atoms with Crippen LogP contribution in [0.5, 0.6) is 0 Å². The van der Waals surface area contributed by atoms with Crippen molar-refractivity contribution in [2.75, 3.05) is 38.3 Å². The fraction of sp³-hybridized carbons (Fsp3) is 0.889. The summed E-state index contributed by atoms with van der Waals surface area (Å²) in [5, 5.41) is 10.3. The highest BCUT2D eigenvalue weighted by Crippen LogP contribution is 2.17. The van der Waals surface area contributed by atoms with Crippen molar-refractivity contribution in [1.29, 1.82) is 0 Å². The van der Waals surface area contributed by atoms with Crippen LogP contribution in [0.25, 0.3) is 0 Å². The lowest BCUT2D eigenvalue weighted by molar-refractivity contribution is -0.469. The normalized spacial score (nSPS) is 21.7. The van der Waals surface area contributed by atoms with Crippen LogP contribution >= 0.6 is 0 Å². The van der Waals surface area contributed by atoms with E-state index in [4.69, 9.17) is 4.74 Å². The number of ether oxygens (including phenoxy) is 1. The summed E-state index contributed by atoms with van der Waals surface area (Å²) in [6.07, 6.45) is 0.329. The van der Waals surface area contributed by atoms with Crippen LogP contribution in [0.2, 0.25) is 0 Å². The molecule has 104 valence electrons. The molecule has 0 aliphatic carbocycles. The van der Waals surface area contributed by atoms with Gasteiger partial charge in [0.25, 0.3) is 12.5 Å². The Kier molecular flexibility index (Phi) is 5.03. The zero-order valence-corrected chi connectivity index (χ0v) is 10.9. The van der Waals surface area contributed by atoms with E-state index in [0.717, 1.165) is 0 Å². The first-order valence-corrected chi connectivity index (χ1v) is 7.28. The molecule has 1 amide bonds.